The molecule has 2 aromatic rings. The number of halogens is 3. The van der Waals surface area contributed by atoms with Gasteiger partial charge in [0.2, 0.25) is 11.8 Å². The summed E-state index contributed by atoms with van der Waals surface area (Å²) in [6.07, 6.45) is -4.54. The van der Waals surface area contributed by atoms with E-state index in [-0.39, 0.29) is 43.6 Å². The predicted octanol–water partition coefficient (Wildman–Crippen LogP) is 3.23. The van der Waals surface area contributed by atoms with Crippen molar-refractivity contribution in [2.24, 2.45) is 0 Å². The Bertz CT molecular complexity index is 1090. The summed E-state index contributed by atoms with van der Waals surface area (Å²) in [6, 6.07) is 11.7. The highest BCUT2D eigenvalue weighted by molar-refractivity contribution is 5.89. The van der Waals surface area contributed by atoms with E-state index in [2.05, 4.69) is 0 Å². The molecule has 0 aliphatic carbocycles. The highest BCUT2D eigenvalue weighted by Crippen LogP contribution is 2.35. The molecule has 9 heteroatoms. The Morgan fingerprint density at radius 1 is 1.15 bits per heavy atom. The molecule has 0 aromatic heterocycles. The molecule has 2 amide bonds. The molecule has 6 nitrogen and oxygen atoms in total. The van der Waals surface area contributed by atoms with Gasteiger partial charge in [0.05, 0.1) is 23.6 Å². The lowest BCUT2D eigenvalue weighted by atomic mass is 10.0. The SMILES string of the molecule is Cc1ccccc1CC(=O)N1CCN(c2ccc(C#N)c(C(F)(F)F)c2)CC1C(=O)N(C)C. The molecule has 1 aliphatic rings. The van der Waals surface area contributed by atoms with Crippen molar-refractivity contribution in [3.63, 3.8) is 0 Å². The molecular weight excluding hydrogens is 433 g/mol. The number of benzene rings is 2. The first-order valence-corrected chi connectivity index (χ1v) is 10.4. The third-order valence-corrected chi connectivity index (χ3v) is 5.82. The molecule has 174 valence electrons. The summed E-state index contributed by atoms with van der Waals surface area (Å²) < 4.78 is 40.3. The topological polar surface area (TPSA) is 67.6 Å². The molecule has 0 radical (unpaired) electrons. The number of likely N-dealkylation sites (N-methyl/N-ethyl adjacent to an activating group) is 1. The van der Waals surface area contributed by atoms with Crippen LogP contribution in [0.15, 0.2) is 42.5 Å². The lowest BCUT2D eigenvalue weighted by Gasteiger charge is -2.42. The van der Waals surface area contributed by atoms with E-state index < -0.39 is 23.3 Å². The van der Waals surface area contributed by atoms with Gasteiger partial charge in [-0.2, -0.15) is 18.4 Å². The summed E-state index contributed by atoms with van der Waals surface area (Å²) in [7, 11) is 3.16. The van der Waals surface area contributed by atoms with E-state index >= 15 is 0 Å². The van der Waals surface area contributed by atoms with Crippen LogP contribution in [0.1, 0.15) is 22.3 Å². The van der Waals surface area contributed by atoms with E-state index in [4.69, 9.17) is 5.26 Å². The second-order valence-corrected chi connectivity index (χ2v) is 8.22. The minimum atomic E-state index is -4.68. The van der Waals surface area contributed by atoms with E-state index in [0.717, 1.165) is 23.3 Å². The number of hydrogen-bond donors (Lipinski definition) is 0. The zero-order chi connectivity index (χ0) is 24.3. The lowest BCUT2D eigenvalue weighted by molar-refractivity contribution is -0.144. The number of piperazine rings is 1. The highest BCUT2D eigenvalue weighted by atomic mass is 19.4. The fraction of sp³-hybridized carbons (Fsp3) is 0.375. The summed E-state index contributed by atoms with van der Waals surface area (Å²) in [5.41, 5.74) is 0.610. The van der Waals surface area contributed by atoms with Gasteiger partial charge in [-0.25, -0.2) is 0 Å². The van der Waals surface area contributed by atoms with Crippen molar-refractivity contribution in [3.8, 4) is 6.07 Å². The van der Waals surface area contributed by atoms with Gasteiger partial charge in [-0.3, -0.25) is 9.59 Å². The third kappa shape index (κ3) is 5.28. The molecule has 1 unspecified atom stereocenters. The molecule has 0 bridgehead atoms. The zero-order valence-electron chi connectivity index (χ0n) is 18.7. The average molecular weight is 458 g/mol. The summed E-state index contributed by atoms with van der Waals surface area (Å²) in [6.45, 7) is 2.42. The fourth-order valence-corrected chi connectivity index (χ4v) is 3.96. The van der Waals surface area contributed by atoms with Crippen LogP contribution in [0.2, 0.25) is 0 Å². The third-order valence-electron chi connectivity index (χ3n) is 5.82. The second kappa shape index (κ2) is 9.53. The Hall–Kier alpha value is -3.54. The number of amides is 2. The summed E-state index contributed by atoms with van der Waals surface area (Å²) in [5.74, 6) is -0.512. The van der Waals surface area contributed by atoms with Crippen LogP contribution < -0.4 is 4.90 Å². The largest absolute Gasteiger partial charge is 0.417 e. The number of aryl methyl sites for hydroxylation is 1. The number of nitrogens with zero attached hydrogens (tertiary/aromatic N) is 4. The normalized spacial score (nSPS) is 16.3. The Kier molecular flexibility index (Phi) is 6.96. The number of anilines is 1. The van der Waals surface area contributed by atoms with Crippen molar-refractivity contribution < 1.29 is 22.8 Å². The van der Waals surface area contributed by atoms with Gasteiger partial charge in [0, 0.05) is 39.4 Å². The molecule has 1 saturated heterocycles. The van der Waals surface area contributed by atoms with Crippen molar-refractivity contribution in [2.75, 3.05) is 38.6 Å². The zero-order valence-corrected chi connectivity index (χ0v) is 18.7. The number of nitriles is 1. The van der Waals surface area contributed by atoms with Gasteiger partial charge >= 0.3 is 6.18 Å². The fourth-order valence-electron chi connectivity index (χ4n) is 3.96. The van der Waals surface area contributed by atoms with Crippen molar-refractivity contribution in [1.82, 2.24) is 9.80 Å². The maximum atomic E-state index is 13.4. The first-order valence-electron chi connectivity index (χ1n) is 10.4. The molecule has 3 rings (SSSR count). The van der Waals surface area contributed by atoms with Crippen LogP contribution in [0, 0.1) is 18.3 Å². The van der Waals surface area contributed by atoms with Crippen LogP contribution in [0.3, 0.4) is 0 Å². The summed E-state index contributed by atoms with van der Waals surface area (Å²) >= 11 is 0. The van der Waals surface area contributed by atoms with Crippen LogP contribution in [0.5, 0.6) is 0 Å². The number of hydrogen-bond acceptors (Lipinski definition) is 4. The average Bonchev–Trinajstić information content (AvgIpc) is 2.78. The molecule has 1 aliphatic heterocycles. The first kappa shape index (κ1) is 24.1. The van der Waals surface area contributed by atoms with Gasteiger partial charge in [-0.15, -0.1) is 0 Å². The first-order chi connectivity index (χ1) is 15.5. The quantitative estimate of drug-likeness (QED) is 0.706. The minimum absolute atomic E-state index is 0.0553. The van der Waals surface area contributed by atoms with Crippen LogP contribution >= 0.6 is 0 Å². The van der Waals surface area contributed by atoms with Gasteiger partial charge in [-0.05, 0) is 36.2 Å². The van der Waals surface area contributed by atoms with Crippen molar-refractivity contribution in [1.29, 1.82) is 5.26 Å². The van der Waals surface area contributed by atoms with Crippen LogP contribution in [0.25, 0.3) is 0 Å². The predicted molar refractivity (Wildman–Crippen MR) is 117 cm³/mol. The molecular formula is C24H25F3N4O2. The minimum Gasteiger partial charge on any atom is -0.367 e. The van der Waals surface area contributed by atoms with Crippen LogP contribution in [-0.4, -0.2) is 61.4 Å². The Balaban J connectivity index is 1.88. The van der Waals surface area contributed by atoms with Crippen molar-refractivity contribution >= 4 is 17.5 Å². The van der Waals surface area contributed by atoms with Gasteiger partial charge in [0.25, 0.3) is 0 Å². The van der Waals surface area contributed by atoms with Gasteiger partial charge in [0.15, 0.2) is 0 Å². The molecule has 0 saturated carbocycles. The molecule has 2 aromatic carbocycles. The Morgan fingerprint density at radius 2 is 1.85 bits per heavy atom. The number of alkyl halides is 3. The molecule has 1 fully saturated rings. The monoisotopic (exact) mass is 458 g/mol. The van der Waals surface area contributed by atoms with Crippen molar-refractivity contribution in [3.05, 3.63) is 64.7 Å². The van der Waals surface area contributed by atoms with Crippen LogP contribution in [-0.2, 0) is 22.2 Å². The molecule has 0 N–H and O–H groups in total. The molecule has 33 heavy (non-hydrogen) atoms. The number of carbonyl (C=O) groups excluding carboxylic acids is 2. The highest BCUT2D eigenvalue weighted by Gasteiger charge is 2.38. The Morgan fingerprint density at radius 3 is 2.45 bits per heavy atom. The Labute approximate surface area is 190 Å². The van der Waals surface area contributed by atoms with E-state index in [0.29, 0.717) is 0 Å². The van der Waals surface area contributed by atoms with Gasteiger partial charge in [-0.1, -0.05) is 24.3 Å². The van der Waals surface area contributed by atoms with Gasteiger partial charge < -0.3 is 14.7 Å². The molecule has 1 atom stereocenters. The summed E-state index contributed by atoms with van der Waals surface area (Å²) in [4.78, 5) is 30.6. The van der Waals surface area contributed by atoms with E-state index in [1.54, 1.807) is 25.1 Å². The maximum absolute atomic E-state index is 13.4. The van der Waals surface area contributed by atoms with E-state index in [1.165, 1.54) is 15.9 Å². The number of rotatable bonds is 4. The standard InChI is InChI=1S/C24H25F3N4O2/c1-16-6-4-5-7-17(16)12-22(32)31-11-10-30(15-21(31)23(33)29(2)3)19-9-8-18(14-28)20(13-19)24(25,26)27/h4-9,13,21H,10-12,15H2,1-3H3. The number of carbonyl (C=O) groups is 2. The van der Waals surface area contributed by atoms with E-state index in [1.807, 2.05) is 31.2 Å². The van der Waals surface area contributed by atoms with E-state index in [9.17, 15) is 22.8 Å². The lowest BCUT2D eigenvalue weighted by Crippen LogP contribution is -2.60. The molecule has 1 heterocycles. The van der Waals surface area contributed by atoms with Gasteiger partial charge in [0.1, 0.15) is 6.04 Å². The second-order valence-electron chi connectivity index (χ2n) is 8.22. The maximum Gasteiger partial charge on any atom is 0.417 e. The smallest absolute Gasteiger partial charge is 0.367 e. The van der Waals surface area contributed by atoms with Crippen molar-refractivity contribution in [2.45, 2.75) is 25.6 Å². The summed E-state index contributed by atoms with van der Waals surface area (Å²) in [5, 5.41) is 9.04. The van der Waals surface area contributed by atoms with Crippen LogP contribution in [0.4, 0.5) is 18.9 Å². The molecule has 0 spiro atoms.